The molecule has 1 aromatic heterocycles. The lowest BCUT2D eigenvalue weighted by molar-refractivity contribution is 1.66. The summed E-state index contributed by atoms with van der Waals surface area (Å²) < 4.78 is 0. The molecule has 0 N–H and O–H groups in total. The number of rotatable bonds is 3. The standard InChI is InChI=1S/C13H10S2/c14-8-4-7-12-9-15-10-13(12)11-5-2-1-3-6-11/h1-10H/b7-4-. The van der Waals surface area contributed by atoms with Gasteiger partial charge < -0.3 is 0 Å². The Kier molecular flexibility index (Phi) is 3.43. The van der Waals surface area contributed by atoms with Crippen LogP contribution in [0, 0.1) is 0 Å². The number of hydrogen-bond donors (Lipinski definition) is 0. The normalized spacial score (nSPS) is 10.7. The fourth-order valence-electron chi connectivity index (χ4n) is 1.43. The van der Waals surface area contributed by atoms with Crippen LogP contribution in [-0.4, -0.2) is 5.37 Å². The van der Waals surface area contributed by atoms with Crippen LogP contribution < -0.4 is 0 Å². The number of thiocarbonyl (C=S) groups is 1. The second-order valence-electron chi connectivity index (χ2n) is 3.10. The van der Waals surface area contributed by atoms with E-state index in [1.54, 1.807) is 16.7 Å². The second kappa shape index (κ2) is 5.01. The average molecular weight is 230 g/mol. The highest BCUT2D eigenvalue weighted by Crippen LogP contribution is 2.27. The van der Waals surface area contributed by atoms with Gasteiger partial charge in [-0.1, -0.05) is 54.7 Å². The summed E-state index contributed by atoms with van der Waals surface area (Å²) in [7, 11) is 0. The van der Waals surface area contributed by atoms with E-state index in [2.05, 4.69) is 35.0 Å². The molecule has 0 aliphatic rings. The average Bonchev–Trinajstić information content (AvgIpc) is 2.75. The zero-order valence-electron chi connectivity index (χ0n) is 8.09. The zero-order valence-corrected chi connectivity index (χ0v) is 9.72. The van der Waals surface area contributed by atoms with Crippen LogP contribution >= 0.6 is 23.6 Å². The van der Waals surface area contributed by atoms with Crippen molar-refractivity contribution in [3.05, 3.63) is 52.7 Å². The molecule has 0 saturated heterocycles. The largest absolute Gasteiger partial charge is 0.151 e. The quantitative estimate of drug-likeness (QED) is 0.555. The van der Waals surface area contributed by atoms with Crippen molar-refractivity contribution < 1.29 is 0 Å². The number of hydrogen-bond acceptors (Lipinski definition) is 2. The first kappa shape index (κ1) is 10.3. The van der Waals surface area contributed by atoms with Crippen molar-refractivity contribution in [3.8, 4) is 11.1 Å². The molecule has 0 unspecified atom stereocenters. The molecule has 0 bridgehead atoms. The fourth-order valence-corrected chi connectivity index (χ4v) is 2.34. The monoisotopic (exact) mass is 230 g/mol. The third kappa shape index (κ3) is 2.41. The number of thiophene rings is 1. The summed E-state index contributed by atoms with van der Waals surface area (Å²) in [5, 5.41) is 5.93. The lowest BCUT2D eigenvalue weighted by Gasteiger charge is -1.99. The van der Waals surface area contributed by atoms with Crippen molar-refractivity contribution in [2.75, 3.05) is 0 Å². The molecule has 2 aromatic rings. The Morgan fingerprint density at radius 3 is 2.60 bits per heavy atom. The molecule has 0 amide bonds. The molecular weight excluding hydrogens is 220 g/mol. The topological polar surface area (TPSA) is 0 Å². The van der Waals surface area contributed by atoms with E-state index in [4.69, 9.17) is 12.2 Å². The summed E-state index contributed by atoms with van der Waals surface area (Å²) in [6.07, 6.45) is 3.94. The van der Waals surface area contributed by atoms with Crippen LogP contribution in [0.3, 0.4) is 0 Å². The lowest BCUT2D eigenvalue weighted by atomic mass is 10.0. The third-order valence-electron chi connectivity index (χ3n) is 2.13. The first-order chi connectivity index (χ1) is 7.42. The molecule has 0 atom stereocenters. The van der Waals surface area contributed by atoms with Gasteiger partial charge in [0.25, 0.3) is 0 Å². The Balaban J connectivity index is 2.41. The smallest absolute Gasteiger partial charge is 0.00137 e. The summed E-state index contributed by atoms with van der Waals surface area (Å²) in [6, 6.07) is 10.4. The van der Waals surface area contributed by atoms with Gasteiger partial charge in [0.2, 0.25) is 0 Å². The van der Waals surface area contributed by atoms with Crippen LogP contribution in [0.1, 0.15) is 5.56 Å². The van der Waals surface area contributed by atoms with Crippen molar-refractivity contribution >= 4 is 35.0 Å². The minimum Gasteiger partial charge on any atom is -0.151 e. The van der Waals surface area contributed by atoms with E-state index >= 15 is 0 Å². The Hall–Kier alpha value is -1.25. The van der Waals surface area contributed by atoms with Crippen molar-refractivity contribution in [2.45, 2.75) is 0 Å². The second-order valence-corrected chi connectivity index (χ2v) is 4.12. The molecule has 1 aromatic carbocycles. The van der Waals surface area contributed by atoms with Crippen LogP contribution in [0.5, 0.6) is 0 Å². The van der Waals surface area contributed by atoms with Crippen molar-refractivity contribution in [1.29, 1.82) is 0 Å². The van der Waals surface area contributed by atoms with Crippen LogP contribution in [0.4, 0.5) is 0 Å². The van der Waals surface area contributed by atoms with Gasteiger partial charge in [-0.3, -0.25) is 0 Å². The van der Waals surface area contributed by atoms with Gasteiger partial charge in [-0.2, -0.15) is 11.3 Å². The van der Waals surface area contributed by atoms with E-state index in [-0.39, 0.29) is 0 Å². The van der Waals surface area contributed by atoms with Gasteiger partial charge >= 0.3 is 0 Å². The Labute approximate surface area is 98.9 Å². The predicted molar refractivity (Wildman–Crippen MR) is 72.4 cm³/mol. The van der Waals surface area contributed by atoms with Gasteiger partial charge in [-0.05, 0) is 27.5 Å². The van der Waals surface area contributed by atoms with Gasteiger partial charge in [-0.25, -0.2) is 0 Å². The molecular formula is C13H10S2. The van der Waals surface area contributed by atoms with Crippen molar-refractivity contribution in [1.82, 2.24) is 0 Å². The summed E-state index contributed by atoms with van der Waals surface area (Å²) in [4.78, 5) is 0. The summed E-state index contributed by atoms with van der Waals surface area (Å²) in [5.41, 5.74) is 3.75. The summed E-state index contributed by atoms with van der Waals surface area (Å²) in [6.45, 7) is 0. The fraction of sp³-hybridized carbons (Fsp3) is 0. The van der Waals surface area contributed by atoms with Crippen molar-refractivity contribution in [2.24, 2.45) is 0 Å². The highest BCUT2D eigenvalue weighted by atomic mass is 32.1. The molecule has 2 rings (SSSR count). The summed E-state index contributed by atoms with van der Waals surface area (Å²) in [5.74, 6) is 0. The lowest BCUT2D eigenvalue weighted by Crippen LogP contribution is -1.76. The van der Waals surface area contributed by atoms with E-state index < -0.39 is 0 Å². The SMILES string of the molecule is S=C/C=C\c1cscc1-c1ccccc1. The molecule has 0 nitrogen and oxygen atoms in total. The van der Waals surface area contributed by atoms with E-state index in [1.807, 2.05) is 18.2 Å². The van der Waals surface area contributed by atoms with Crippen LogP contribution in [0.2, 0.25) is 0 Å². The maximum Gasteiger partial charge on any atom is 0.00137 e. The van der Waals surface area contributed by atoms with E-state index in [9.17, 15) is 0 Å². The molecule has 0 aliphatic carbocycles. The van der Waals surface area contributed by atoms with Gasteiger partial charge in [0, 0.05) is 5.37 Å². The van der Waals surface area contributed by atoms with Gasteiger partial charge in [0.1, 0.15) is 0 Å². The van der Waals surface area contributed by atoms with Crippen LogP contribution in [-0.2, 0) is 0 Å². The highest BCUT2D eigenvalue weighted by molar-refractivity contribution is 7.79. The molecule has 1 heterocycles. The van der Waals surface area contributed by atoms with E-state index in [1.165, 1.54) is 16.7 Å². The molecule has 0 fully saturated rings. The molecule has 0 saturated carbocycles. The zero-order chi connectivity index (χ0) is 10.5. The first-order valence-corrected chi connectivity index (χ1v) is 6.06. The van der Waals surface area contributed by atoms with Gasteiger partial charge in [0.05, 0.1) is 0 Å². The Morgan fingerprint density at radius 2 is 1.87 bits per heavy atom. The maximum atomic E-state index is 4.78. The molecule has 74 valence electrons. The molecule has 2 heteroatoms. The number of allylic oxidation sites excluding steroid dienone is 1. The third-order valence-corrected chi connectivity index (χ3v) is 3.05. The minimum absolute atomic E-state index is 1.23. The maximum absolute atomic E-state index is 4.78. The highest BCUT2D eigenvalue weighted by Gasteiger charge is 2.02. The Bertz CT molecular complexity index is 466. The molecule has 0 aliphatic heterocycles. The van der Waals surface area contributed by atoms with E-state index in [0.29, 0.717) is 0 Å². The van der Waals surface area contributed by atoms with Crippen LogP contribution in [0.25, 0.3) is 17.2 Å². The number of benzene rings is 1. The van der Waals surface area contributed by atoms with Crippen molar-refractivity contribution in [3.63, 3.8) is 0 Å². The van der Waals surface area contributed by atoms with E-state index in [0.717, 1.165) is 0 Å². The van der Waals surface area contributed by atoms with Gasteiger partial charge in [-0.15, -0.1) is 0 Å². The van der Waals surface area contributed by atoms with Crippen LogP contribution in [0.15, 0.2) is 47.2 Å². The molecule has 15 heavy (non-hydrogen) atoms. The Morgan fingerprint density at radius 1 is 1.07 bits per heavy atom. The minimum atomic E-state index is 1.23. The first-order valence-electron chi connectivity index (χ1n) is 4.65. The summed E-state index contributed by atoms with van der Waals surface area (Å²) >= 11 is 6.49. The molecule has 0 radical (unpaired) electrons. The predicted octanol–water partition coefficient (Wildman–Crippen LogP) is 4.43. The van der Waals surface area contributed by atoms with Gasteiger partial charge in [0.15, 0.2) is 0 Å². The molecule has 0 spiro atoms.